The number of hydrogen-bond acceptors (Lipinski definition) is 11. The summed E-state index contributed by atoms with van der Waals surface area (Å²) in [7, 11) is -4.31. The number of benzene rings is 2. The summed E-state index contributed by atoms with van der Waals surface area (Å²) in [6, 6.07) is 16.7. The Morgan fingerprint density at radius 3 is 1.70 bits per heavy atom. The maximum absolute atomic E-state index is 14.6. The lowest BCUT2D eigenvalue weighted by Gasteiger charge is -2.31. The fourth-order valence-electron chi connectivity index (χ4n) is 5.48. The van der Waals surface area contributed by atoms with Gasteiger partial charge in [0, 0.05) is 31.2 Å². The number of amides is 1. The first-order chi connectivity index (χ1) is 26.8. The molecule has 0 heterocycles. The van der Waals surface area contributed by atoms with Crippen LogP contribution in [0.3, 0.4) is 0 Å². The molecule has 0 aliphatic rings. The molecule has 0 spiro atoms. The molecule has 2 aromatic rings. The van der Waals surface area contributed by atoms with Gasteiger partial charge in [-0.2, -0.15) is 0 Å². The molecule has 0 aliphatic heterocycles. The van der Waals surface area contributed by atoms with Gasteiger partial charge in [-0.15, -0.1) is 0 Å². The fourth-order valence-corrected chi connectivity index (χ4v) is 7.33. The maximum Gasteiger partial charge on any atom is 0.350 e. The highest BCUT2D eigenvalue weighted by Crippen LogP contribution is 2.51. The van der Waals surface area contributed by atoms with Gasteiger partial charge in [0.05, 0.1) is 25.4 Å². The number of ether oxygens (including phenoxy) is 3. The minimum absolute atomic E-state index is 0.0102. The van der Waals surface area contributed by atoms with Crippen LogP contribution in [0.2, 0.25) is 0 Å². The smallest absolute Gasteiger partial charge is 0.350 e. The van der Waals surface area contributed by atoms with Gasteiger partial charge in [-0.1, -0.05) is 148 Å². The predicted molar refractivity (Wildman–Crippen MR) is 218 cm³/mol. The van der Waals surface area contributed by atoms with Crippen LogP contribution < -0.4 is 10.6 Å². The lowest BCUT2D eigenvalue weighted by Crippen LogP contribution is -2.47. The molecule has 56 heavy (non-hydrogen) atoms. The summed E-state index contributed by atoms with van der Waals surface area (Å²) >= 11 is 0. The first-order valence-corrected chi connectivity index (χ1v) is 22.2. The van der Waals surface area contributed by atoms with Crippen LogP contribution in [0.4, 0.5) is 0 Å². The third-order valence-corrected chi connectivity index (χ3v) is 10.6. The Balaban J connectivity index is 2.22. The van der Waals surface area contributed by atoms with Gasteiger partial charge in [-0.05, 0) is 29.5 Å². The van der Waals surface area contributed by atoms with E-state index in [1.54, 1.807) is 41.5 Å². The van der Waals surface area contributed by atoms with Crippen molar-refractivity contribution in [2.75, 3.05) is 19.4 Å². The van der Waals surface area contributed by atoms with Crippen LogP contribution in [0, 0.1) is 11.8 Å². The van der Waals surface area contributed by atoms with E-state index in [-0.39, 0.29) is 32.2 Å². The van der Waals surface area contributed by atoms with E-state index in [4.69, 9.17) is 23.3 Å². The Kier molecular flexibility index (Phi) is 23.5. The molecule has 1 amide bonds. The van der Waals surface area contributed by atoms with E-state index in [0.29, 0.717) is 6.61 Å². The molecular formula is C43H67N2O10P. The molecule has 0 bridgehead atoms. The van der Waals surface area contributed by atoms with Crippen molar-refractivity contribution in [1.29, 1.82) is 0 Å². The van der Waals surface area contributed by atoms with Crippen LogP contribution >= 0.6 is 7.60 Å². The lowest BCUT2D eigenvalue weighted by molar-refractivity contribution is -0.178. The van der Waals surface area contributed by atoms with E-state index in [1.807, 2.05) is 54.6 Å². The number of unbranched alkanes of at least 4 members (excludes halogenated alkanes) is 7. The van der Waals surface area contributed by atoms with Gasteiger partial charge >= 0.3 is 25.5 Å². The van der Waals surface area contributed by atoms with E-state index >= 15 is 0 Å². The molecule has 3 atom stereocenters. The molecule has 0 saturated heterocycles. The van der Waals surface area contributed by atoms with Crippen LogP contribution in [0.25, 0.3) is 11.1 Å². The molecule has 0 aliphatic carbocycles. The highest BCUT2D eigenvalue weighted by molar-refractivity contribution is 7.53. The standard InChI is InChI=1S/C43H67N2O10P/c1-8-11-12-13-14-15-16-20-29-51-40(48)27-28-44-41(49)37(30-34-23-25-36(26-24-34)35-21-18-17-19-22-35)45-31-56(50,54-42(32(4)5)52-38(46)9-2)55-43(33(6)7)53-39(47)10-3/h17-19,21-26,32-33,37,42-43,45H,8-16,20,27-31H2,1-7H3,(H,44,49). The second kappa shape index (κ2) is 27.1. The van der Waals surface area contributed by atoms with E-state index in [9.17, 15) is 23.7 Å². The second-order valence-corrected chi connectivity index (χ2v) is 16.6. The predicted octanol–water partition coefficient (Wildman–Crippen LogP) is 9.10. The van der Waals surface area contributed by atoms with Gasteiger partial charge in [0.1, 0.15) is 0 Å². The summed E-state index contributed by atoms with van der Waals surface area (Å²) in [5, 5.41) is 5.88. The third-order valence-electron chi connectivity index (χ3n) is 8.93. The van der Waals surface area contributed by atoms with Crippen molar-refractivity contribution >= 4 is 31.4 Å². The SMILES string of the molecule is CCCCCCCCCCOC(=O)CCNC(=O)C(Cc1ccc(-c2ccccc2)cc1)NCP(=O)(OC(OC(=O)CC)C(C)C)OC(OC(=O)CC)C(C)C. The van der Waals surface area contributed by atoms with Gasteiger partial charge in [0.15, 0.2) is 0 Å². The second-order valence-electron chi connectivity index (χ2n) is 14.7. The summed E-state index contributed by atoms with van der Waals surface area (Å²) in [5.41, 5.74) is 2.86. The molecule has 0 aromatic heterocycles. The number of esters is 3. The Hall–Kier alpha value is -3.57. The molecule has 13 heteroatoms. The van der Waals surface area contributed by atoms with Crippen LogP contribution in [-0.2, 0) is 53.4 Å². The van der Waals surface area contributed by atoms with Gasteiger partial charge in [-0.3, -0.25) is 38.1 Å². The Labute approximate surface area is 335 Å². The van der Waals surface area contributed by atoms with Crippen LogP contribution in [0.5, 0.6) is 0 Å². The van der Waals surface area contributed by atoms with Gasteiger partial charge in [-0.25, -0.2) is 0 Å². The Morgan fingerprint density at radius 2 is 1.18 bits per heavy atom. The highest BCUT2D eigenvalue weighted by Gasteiger charge is 2.38. The van der Waals surface area contributed by atoms with E-state index < -0.39 is 68.2 Å². The fraction of sp³-hybridized carbons (Fsp3) is 0.628. The van der Waals surface area contributed by atoms with Crippen molar-refractivity contribution in [2.45, 2.75) is 144 Å². The van der Waals surface area contributed by atoms with Gasteiger partial charge in [0.25, 0.3) is 0 Å². The number of carbonyl (C=O) groups is 4. The maximum atomic E-state index is 14.6. The van der Waals surface area contributed by atoms with Gasteiger partial charge in [0.2, 0.25) is 18.5 Å². The van der Waals surface area contributed by atoms with Crippen LogP contribution in [-0.4, -0.2) is 61.9 Å². The topological polar surface area (TPSA) is 156 Å². The molecule has 0 fully saturated rings. The largest absolute Gasteiger partial charge is 0.466 e. The minimum Gasteiger partial charge on any atom is -0.466 e. The van der Waals surface area contributed by atoms with Crippen LogP contribution in [0.1, 0.15) is 125 Å². The molecule has 0 radical (unpaired) electrons. The molecule has 314 valence electrons. The highest BCUT2D eigenvalue weighted by atomic mass is 31.2. The molecular weight excluding hydrogens is 735 g/mol. The van der Waals surface area contributed by atoms with E-state index in [2.05, 4.69) is 17.6 Å². The average Bonchev–Trinajstić information content (AvgIpc) is 3.18. The monoisotopic (exact) mass is 802 g/mol. The van der Waals surface area contributed by atoms with Crippen molar-refractivity contribution in [2.24, 2.45) is 11.8 Å². The van der Waals surface area contributed by atoms with Crippen LogP contribution in [0.15, 0.2) is 54.6 Å². The zero-order valence-corrected chi connectivity index (χ0v) is 35.6. The lowest BCUT2D eigenvalue weighted by atomic mass is 10.0. The first kappa shape index (κ1) is 48.6. The Morgan fingerprint density at radius 1 is 0.661 bits per heavy atom. The molecule has 0 saturated carbocycles. The minimum atomic E-state index is -4.31. The normalized spacial score (nSPS) is 14.1. The summed E-state index contributed by atoms with van der Waals surface area (Å²) in [5.74, 6) is -2.81. The number of hydrogen-bond donors (Lipinski definition) is 2. The number of rotatable bonds is 29. The molecule has 12 nitrogen and oxygen atoms in total. The van der Waals surface area contributed by atoms with E-state index in [0.717, 1.165) is 36.0 Å². The van der Waals surface area contributed by atoms with Crippen molar-refractivity contribution < 1.29 is 47.0 Å². The summed E-state index contributed by atoms with van der Waals surface area (Å²) in [6.45, 7) is 12.8. The van der Waals surface area contributed by atoms with Crippen molar-refractivity contribution in [1.82, 2.24) is 10.6 Å². The summed E-state index contributed by atoms with van der Waals surface area (Å²) in [6.07, 6.45) is 6.41. The molecule has 2 aromatic carbocycles. The van der Waals surface area contributed by atoms with Gasteiger partial charge < -0.3 is 19.5 Å². The first-order valence-electron chi connectivity index (χ1n) is 20.5. The zero-order chi connectivity index (χ0) is 41.3. The average molecular weight is 803 g/mol. The number of carbonyl (C=O) groups excluding carboxylic acids is 4. The summed E-state index contributed by atoms with van der Waals surface area (Å²) in [4.78, 5) is 50.8. The molecule has 2 rings (SSSR count). The van der Waals surface area contributed by atoms with E-state index in [1.165, 1.54) is 32.1 Å². The van der Waals surface area contributed by atoms with Crippen molar-refractivity contribution in [3.05, 3.63) is 60.2 Å². The Bertz CT molecular complexity index is 1450. The van der Waals surface area contributed by atoms with Crippen molar-refractivity contribution in [3.8, 4) is 11.1 Å². The molecule has 2 N–H and O–H groups in total. The number of nitrogens with one attached hydrogen (secondary N) is 2. The summed E-state index contributed by atoms with van der Waals surface area (Å²) < 4.78 is 42.9. The third kappa shape index (κ3) is 19.5. The quantitative estimate of drug-likeness (QED) is 0.0266. The van der Waals surface area contributed by atoms with Crippen molar-refractivity contribution in [3.63, 3.8) is 0 Å². The zero-order valence-electron chi connectivity index (χ0n) is 34.7. The molecule has 3 unspecified atom stereocenters.